The summed E-state index contributed by atoms with van der Waals surface area (Å²) >= 11 is 0. The molecule has 0 aliphatic heterocycles. The number of ether oxygens (including phenoxy) is 1. The Balaban J connectivity index is 2.05. The molecular weight excluding hydrogens is 236 g/mol. The number of methoxy groups -OCH3 is 1. The van der Waals surface area contributed by atoms with E-state index >= 15 is 0 Å². The minimum absolute atomic E-state index is 0.800. The van der Waals surface area contributed by atoms with Crippen LogP contribution in [0.25, 0.3) is 0 Å². The average molecular weight is 256 g/mol. The Morgan fingerprint density at radius 3 is 2.32 bits per heavy atom. The zero-order chi connectivity index (χ0) is 13.7. The van der Waals surface area contributed by atoms with Crippen molar-refractivity contribution in [2.24, 2.45) is 0 Å². The van der Waals surface area contributed by atoms with Gasteiger partial charge in [0, 0.05) is 20.6 Å². The molecule has 0 saturated heterocycles. The zero-order valence-electron chi connectivity index (χ0n) is 11.7. The van der Waals surface area contributed by atoms with E-state index in [0.29, 0.717) is 0 Å². The SMILES string of the molecule is COc1ccc(CNc2ccccc2N(C)C)cc1. The second-order valence-electron chi connectivity index (χ2n) is 4.61. The Kier molecular flexibility index (Phi) is 4.29. The van der Waals surface area contributed by atoms with Gasteiger partial charge >= 0.3 is 0 Å². The second-order valence-corrected chi connectivity index (χ2v) is 4.61. The maximum absolute atomic E-state index is 5.16. The Morgan fingerprint density at radius 1 is 1.00 bits per heavy atom. The molecule has 0 amide bonds. The zero-order valence-corrected chi connectivity index (χ0v) is 11.7. The summed E-state index contributed by atoms with van der Waals surface area (Å²) < 4.78 is 5.16. The van der Waals surface area contributed by atoms with Gasteiger partial charge in [-0.2, -0.15) is 0 Å². The summed E-state index contributed by atoms with van der Waals surface area (Å²) in [5.74, 6) is 0.887. The molecule has 0 saturated carbocycles. The highest BCUT2D eigenvalue weighted by atomic mass is 16.5. The van der Waals surface area contributed by atoms with Gasteiger partial charge in [-0.1, -0.05) is 24.3 Å². The van der Waals surface area contributed by atoms with Gasteiger partial charge in [-0.05, 0) is 29.8 Å². The van der Waals surface area contributed by atoms with Crippen LogP contribution in [0.15, 0.2) is 48.5 Å². The molecule has 0 heterocycles. The smallest absolute Gasteiger partial charge is 0.118 e. The van der Waals surface area contributed by atoms with Crippen molar-refractivity contribution in [3.8, 4) is 5.75 Å². The quantitative estimate of drug-likeness (QED) is 0.887. The molecule has 19 heavy (non-hydrogen) atoms. The number of nitrogens with one attached hydrogen (secondary N) is 1. The number of para-hydroxylation sites is 2. The Bertz CT molecular complexity index is 521. The fraction of sp³-hybridized carbons (Fsp3) is 0.250. The fourth-order valence-corrected chi connectivity index (χ4v) is 1.95. The van der Waals surface area contributed by atoms with E-state index in [1.54, 1.807) is 7.11 Å². The first-order valence-corrected chi connectivity index (χ1v) is 6.34. The minimum Gasteiger partial charge on any atom is -0.497 e. The molecule has 2 rings (SSSR count). The van der Waals surface area contributed by atoms with Crippen LogP contribution < -0.4 is 15.0 Å². The summed E-state index contributed by atoms with van der Waals surface area (Å²) in [5.41, 5.74) is 3.56. The number of hydrogen-bond donors (Lipinski definition) is 1. The summed E-state index contributed by atoms with van der Waals surface area (Å²) in [5, 5.41) is 3.47. The average Bonchev–Trinajstić information content (AvgIpc) is 2.46. The van der Waals surface area contributed by atoms with Crippen LogP contribution in [0.3, 0.4) is 0 Å². The molecule has 0 aromatic heterocycles. The van der Waals surface area contributed by atoms with Gasteiger partial charge in [0.2, 0.25) is 0 Å². The third-order valence-electron chi connectivity index (χ3n) is 3.03. The number of rotatable bonds is 5. The first-order chi connectivity index (χ1) is 9.20. The molecule has 0 fully saturated rings. The maximum Gasteiger partial charge on any atom is 0.118 e. The molecular formula is C16H20N2O. The lowest BCUT2D eigenvalue weighted by atomic mass is 10.2. The molecule has 2 aromatic rings. The third-order valence-corrected chi connectivity index (χ3v) is 3.03. The van der Waals surface area contributed by atoms with Crippen LogP contribution >= 0.6 is 0 Å². The lowest BCUT2D eigenvalue weighted by molar-refractivity contribution is 0.414. The van der Waals surface area contributed by atoms with Crippen molar-refractivity contribution in [1.82, 2.24) is 0 Å². The molecule has 100 valence electrons. The largest absolute Gasteiger partial charge is 0.497 e. The third kappa shape index (κ3) is 3.41. The lowest BCUT2D eigenvalue weighted by Crippen LogP contribution is -2.12. The predicted molar refractivity (Wildman–Crippen MR) is 81.1 cm³/mol. The van der Waals surface area contributed by atoms with Crippen molar-refractivity contribution < 1.29 is 4.74 Å². The van der Waals surface area contributed by atoms with Crippen LogP contribution in [-0.2, 0) is 6.54 Å². The summed E-state index contributed by atoms with van der Waals surface area (Å²) in [6.45, 7) is 0.800. The van der Waals surface area contributed by atoms with Gasteiger partial charge < -0.3 is 15.0 Å². The molecule has 0 unspecified atom stereocenters. The monoisotopic (exact) mass is 256 g/mol. The van der Waals surface area contributed by atoms with Gasteiger partial charge in [0.05, 0.1) is 18.5 Å². The summed E-state index contributed by atoms with van der Waals surface area (Å²) in [4.78, 5) is 2.11. The van der Waals surface area contributed by atoms with Crippen molar-refractivity contribution in [2.75, 3.05) is 31.4 Å². The van der Waals surface area contributed by atoms with E-state index in [2.05, 4.69) is 34.5 Å². The van der Waals surface area contributed by atoms with Crippen LogP contribution in [-0.4, -0.2) is 21.2 Å². The van der Waals surface area contributed by atoms with Crippen molar-refractivity contribution in [2.45, 2.75) is 6.54 Å². The first kappa shape index (κ1) is 13.3. The van der Waals surface area contributed by atoms with Gasteiger partial charge in [0.15, 0.2) is 0 Å². The summed E-state index contributed by atoms with van der Waals surface area (Å²) in [6.07, 6.45) is 0. The minimum atomic E-state index is 0.800. The highest BCUT2D eigenvalue weighted by Gasteiger charge is 2.02. The normalized spacial score (nSPS) is 10.1. The van der Waals surface area contributed by atoms with E-state index < -0.39 is 0 Å². The van der Waals surface area contributed by atoms with Gasteiger partial charge in [0.1, 0.15) is 5.75 Å². The molecule has 3 heteroatoms. The second kappa shape index (κ2) is 6.14. The molecule has 0 aliphatic rings. The van der Waals surface area contributed by atoms with E-state index in [9.17, 15) is 0 Å². The van der Waals surface area contributed by atoms with E-state index in [4.69, 9.17) is 4.74 Å². The standard InChI is InChI=1S/C16H20N2O/c1-18(2)16-7-5-4-6-15(16)17-12-13-8-10-14(19-3)11-9-13/h4-11,17H,12H2,1-3H3. The molecule has 0 spiro atoms. The van der Waals surface area contributed by atoms with Gasteiger partial charge in [-0.25, -0.2) is 0 Å². The molecule has 0 aliphatic carbocycles. The van der Waals surface area contributed by atoms with Crippen molar-refractivity contribution in [1.29, 1.82) is 0 Å². The van der Waals surface area contributed by atoms with Crippen LogP contribution in [0.2, 0.25) is 0 Å². The lowest BCUT2D eigenvalue weighted by Gasteiger charge is -2.18. The van der Waals surface area contributed by atoms with Crippen LogP contribution in [0.5, 0.6) is 5.75 Å². The molecule has 3 nitrogen and oxygen atoms in total. The highest BCUT2D eigenvalue weighted by Crippen LogP contribution is 2.24. The fourth-order valence-electron chi connectivity index (χ4n) is 1.95. The maximum atomic E-state index is 5.16. The van der Waals surface area contributed by atoms with E-state index in [0.717, 1.165) is 18.0 Å². The van der Waals surface area contributed by atoms with Gasteiger partial charge in [-0.15, -0.1) is 0 Å². The molecule has 1 N–H and O–H groups in total. The van der Waals surface area contributed by atoms with Crippen molar-refractivity contribution >= 4 is 11.4 Å². The number of anilines is 2. The predicted octanol–water partition coefficient (Wildman–Crippen LogP) is 3.37. The van der Waals surface area contributed by atoms with Crippen LogP contribution in [0, 0.1) is 0 Å². The van der Waals surface area contributed by atoms with E-state index in [1.165, 1.54) is 11.3 Å². The van der Waals surface area contributed by atoms with E-state index in [1.807, 2.05) is 38.4 Å². The highest BCUT2D eigenvalue weighted by molar-refractivity contribution is 5.69. The number of benzene rings is 2. The Hall–Kier alpha value is -2.16. The number of hydrogen-bond acceptors (Lipinski definition) is 3. The van der Waals surface area contributed by atoms with Crippen LogP contribution in [0.1, 0.15) is 5.56 Å². The number of nitrogens with zero attached hydrogens (tertiary/aromatic N) is 1. The Morgan fingerprint density at radius 2 is 1.68 bits per heavy atom. The molecule has 2 aromatic carbocycles. The van der Waals surface area contributed by atoms with Gasteiger partial charge in [-0.3, -0.25) is 0 Å². The first-order valence-electron chi connectivity index (χ1n) is 6.34. The van der Waals surface area contributed by atoms with Crippen molar-refractivity contribution in [3.63, 3.8) is 0 Å². The molecule has 0 bridgehead atoms. The molecule has 0 atom stereocenters. The Labute approximate surface area is 114 Å². The van der Waals surface area contributed by atoms with Crippen LogP contribution in [0.4, 0.5) is 11.4 Å². The van der Waals surface area contributed by atoms with E-state index in [-0.39, 0.29) is 0 Å². The van der Waals surface area contributed by atoms with Gasteiger partial charge in [0.25, 0.3) is 0 Å². The van der Waals surface area contributed by atoms with Crippen molar-refractivity contribution in [3.05, 3.63) is 54.1 Å². The summed E-state index contributed by atoms with van der Waals surface area (Å²) in [7, 11) is 5.78. The topological polar surface area (TPSA) is 24.5 Å². The summed E-state index contributed by atoms with van der Waals surface area (Å²) in [6, 6.07) is 16.4. The molecule has 0 radical (unpaired) electrons.